The Hall–Kier alpha value is -2.79. The summed E-state index contributed by atoms with van der Waals surface area (Å²) in [5, 5.41) is 4.63. The minimum atomic E-state index is -0.401. The Bertz CT molecular complexity index is 992. The molecule has 4 rings (SSSR count). The van der Waals surface area contributed by atoms with Crippen LogP contribution in [0.4, 0.5) is 0 Å². The fourth-order valence-corrected chi connectivity index (χ4v) is 4.00. The maximum absolute atomic E-state index is 12.4. The van der Waals surface area contributed by atoms with E-state index in [0.717, 1.165) is 39.9 Å². The van der Waals surface area contributed by atoms with Crippen LogP contribution in [0.2, 0.25) is 0 Å². The van der Waals surface area contributed by atoms with Gasteiger partial charge in [0.05, 0.1) is 20.3 Å². The molecular weight excluding hydrogens is 340 g/mol. The first-order valence-corrected chi connectivity index (χ1v) is 9.26. The van der Waals surface area contributed by atoms with E-state index in [1.165, 1.54) is 12.7 Å². The molecule has 2 N–H and O–H groups in total. The molecule has 27 heavy (non-hydrogen) atoms. The average Bonchev–Trinajstić information content (AvgIpc) is 3.10. The Morgan fingerprint density at radius 3 is 2.74 bits per heavy atom. The molecule has 2 unspecified atom stereocenters. The lowest BCUT2D eigenvalue weighted by molar-refractivity contribution is -0.143. The first-order chi connectivity index (χ1) is 13.2. The molecule has 2 aromatic carbocycles. The number of ether oxygens (including phenoxy) is 2. The molecule has 1 aliphatic rings. The lowest BCUT2D eigenvalue weighted by Gasteiger charge is -2.31. The topological polar surface area (TPSA) is 63.4 Å². The van der Waals surface area contributed by atoms with Crippen LogP contribution in [-0.2, 0) is 22.4 Å². The second-order valence-corrected chi connectivity index (χ2v) is 6.87. The van der Waals surface area contributed by atoms with Crippen molar-refractivity contribution in [3.05, 3.63) is 64.8 Å². The number of benzene rings is 2. The monoisotopic (exact) mass is 364 g/mol. The van der Waals surface area contributed by atoms with Crippen molar-refractivity contribution in [3.8, 4) is 5.75 Å². The van der Waals surface area contributed by atoms with Gasteiger partial charge in [-0.25, -0.2) is 0 Å². The lowest BCUT2D eigenvalue weighted by Crippen LogP contribution is -2.45. The van der Waals surface area contributed by atoms with E-state index in [9.17, 15) is 4.79 Å². The van der Waals surface area contributed by atoms with Crippen molar-refractivity contribution < 1.29 is 14.3 Å². The van der Waals surface area contributed by atoms with Gasteiger partial charge in [-0.2, -0.15) is 0 Å². The minimum absolute atomic E-state index is 0.174. The van der Waals surface area contributed by atoms with Gasteiger partial charge in [0.15, 0.2) is 0 Å². The fraction of sp³-hybridized carbons (Fsp3) is 0.318. The highest BCUT2D eigenvalue weighted by atomic mass is 16.5. The molecule has 0 aliphatic carbocycles. The van der Waals surface area contributed by atoms with E-state index >= 15 is 0 Å². The number of hydrogen-bond acceptors (Lipinski definition) is 4. The third kappa shape index (κ3) is 2.98. The predicted molar refractivity (Wildman–Crippen MR) is 105 cm³/mol. The third-order valence-corrected chi connectivity index (χ3v) is 5.41. The molecule has 0 spiro atoms. The standard InChI is InChI=1S/C22H24N2O3/c1-4-13-9-10-19(26-2)16(11-13)21-20-15(12-18(24-21)22(25)27-3)14-7-5-6-8-17(14)23-20/h5-11,18,21,23-24H,4,12H2,1-3H3. The van der Waals surface area contributed by atoms with E-state index in [4.69, 9.17) is 9.47 Å². The number of rotatable bonds is 4. The number of carbonyl (C=O) groups excluding carboxylic acids is 1. The molecule has 5 heteroatoms. The Balaban J connectivity index is 1.91. The summed E-state index contributed by atoms with van der Waals surface area (Å²) in [6.45, 7) is 2.13. The fourth-order valence-electron chi connectivity index (χ4n) is 4.00. The largest absolute Gasteiger partial charge is 0.496 e. The van der Waals surface area contributed by atoms with Crippen LogP contribution in [0.5, 0.6) is 5.75 Å². The van der Waals surface area contributed by atoms with Crippen molar-refractivity contribution in [2.24, 2.45) is 0 Å². The van der Waals surface area contributed by atoms with Crippen LogP contribution in [0.15, 0.2) is 42.5 Å². The van der Waals surface area contributed by atoms with E-state index in [0.29, 0.717) is 6.42 Å². The number of para-hydroxylation sites is 1. The van der Waals surface area contributed by atoms with Crippen molar-refractivity contribution in [3.63, 3.8) is 0 Å². The van der Waals surface area contributed by atoms with Gasteiger partial charge in [0.2, 0.25) is 0 Å². The van der Waals surface area contributed by atoms with Crippen LogP contribution >= 0.6 is 0 Å². The quantitative estimate of drug-likeness (QED) is 0.696. The highest BCUT2D eigenvalue weighted by molar-refractivity contribution is 5.87. The molecule has 1 aliphatic heterocycles. The Morgan fingerprint density at radius 2 is 2.00 bits per heavy atom. The summed E-state index contributed by atoms with van der Waals surface area (Å²) >= 11 is 0. The average molecular weight is 364 g/mol. The number of hydrogen-bond donors (Lipinski definition) is 2. The zero-order valence-electron chi connectivity index (χ0n) is 15.8. The summed E-state index contributed by atoms with van der Waals surface area (Å²) < 4.78 is 10.7. The van der Waals surface area contributed by atoms with Gasteiger partial charge in [0.25, 0.3) is 0 Å². The van der Waals surface area contributed by atoms with Gasteiger partial charge in [-0.3, -0.25) is 10.1 Å². The summed E-state index contributed by atoms with van der Waals surface area (Å²) in [6.07, 6.45) is 1.53. The van der Waals surface area contributed by atoms with Gasteiger partial charge in [-0.15, -0.1) is 0 Å². The van der Waals surface area contributed by atoms with Crippen molar-refractivity contribution >= 4 is 16.9 Å². The van der Waals surface area contributed by atoms with Crippen LogP contribution in [0.25, 0.3) is 10.9 Å². The second-order valence-electron chi connectivity index (χ2n) is 6.87. The van der Waals surface area contributed by atoms with E-state index in [1.54, 1.807) is 7.11 Å². The van der Waals surface area contributed by atoms with Gasteiger partial charge in [0, 0.05) is 28.6 Å². The number of methoxy groups -OCH3 is 2. The second kappa shape index (κ2) is 7.08. The molecule has 0 radical (unpaired) electrons. The van der Waals surface area contributed by atoms with E-state index in [2.05, 4.69) is 41.5 Å². The summed E-state index contributed by atoms with van der Waals surface area (Å²) in [5.41, 5.74) is 5.57. The number of aromatic nitrogens is 1. The highest BCUT2D eigenvalue weighted by Gasteiger charge is 2.35. The molecule has 0 saturated carbocycles. The van der Waals surface area contributed by atoms with E-state index in [1.807, 2.05) is 18.2 Å². The number of carbonyl (C=O) groups is 1. The number of nitrogens with one attached hydrogen (secondary N) is 2. The minimum Gasteiger partial charge on any atom is -0.496 e. The van der Waals surface area contributed by atoms with Crippen LogP contribution in [0.3, 0.4) is 0 Å². The highest BCUT2D eigenvalue weighted by Crippen LogP contribution is 2.38. The smallest absolute Gasteiger partial charge is 0.323 e. The van der Waals surface area contributed by atoms with Crippen molar-refractivity contribution in [1.82, 2.24) is 10.3 Å². The first-order valence-electron chi connectivity index (χ1n) is 9.26. The Kier molecular flexibility index (Phi) is 4.62. The predicted octanol–water partition coefficient (Wildman–Crippen LogP) is 3.52. The normalized spacial score (nSPS) is 18.9. The molecule has 2 atom stereocenters. The molecule has 0 saturated heterocycles. The van der Waals surface area contributed by atoms with Crippen LogP contribution in [0.1, 0.15) is 35.3 Å². The molecule has 0 fully saturated rings. The number of H-pyrrole nitrogens is 1. The van der Waals surface area contributed by atoms with Crippen LogP contribution < -0.4 is 10.1 Å². The van der Waals surface area contributed by atoms with Gasteiger partial charge in [0.1, 0.15) is 11.8 Å². The molecule has 2 heterocycles. The zero-order chi connectivity index (χ0) is 19.0. The van der Waals surface area contributed by atoms with Crippen molar-refractivity contribution in [1.29, 1.82) is 0 Å². The van der Waals surface area contributed by atoms with Gasteiger partial charge in [-0.1, -0.05) is 37.3 Å². The van der Waals surface area contributed by atoms with Crippen molar-refractivity contribution in [2.45, 2.75) is 31.8 Å². The Morgan fingerprint density at radius 1 is 1.19 bits per heavy atom. The van der Waals surface area contributed by atoms with Crippen molar-refractivity contribution in [2.75, 3.05) is 14.2 Å². The number of esters is 1. The maximum Gasteiger partial charge on any atom is 0.323 e. The van der Waals surface area contributed by atoms with Gasteiger partial charge < -0.3 is 14.5 Å². The molecule has 1 aromatic heterocycles. The summed E-state index contributed by atoms with van der Waals surface area (Å²) in [7, 11) is 3.11. The molecule has 5 nitrogen and oxygen atoms in total. The van der Waals surface area contributed by atoms with E-state index < -0.39 is 6.04 Å². The number of fused-ring (bicyclic) bond motifs is 3. The van der Waals surface area contributed by atoms with Gasteiger partial charge >= 0.3 is 5.97 Å². The lowest BCUT2D eigenvalue weighted by atomic mass is 9.89. The molecule has 0 amide bonds. The Labute approximate surface area is 158 Å². The third-order valence-electron chi connectivity index (χ3n) is 5.41. The number of aryl methyl sites for hydroxylation is 1. The molecule has 0 bridgehead atoms. The van der Waals surface area contributed by atoms with Crippen LogP contribution in [0, 0.1) is 0 Å². The van der Waals surface area contributed by atoms with E-state index in [-0.39, 0.29) is 12.0 Å². The summed E-state index contributed by atoms with van der Waals surface area (Å²) in [4.78, 5) is 15.9. The molecule has 3 aromatic rings. The zero-order valence-corrected chi connectivity index (χ0v) is 15.8. The maximum atomic E-state index is 12.4. The number of aromatic amines is 1. The summed E-state index contributed by atoms with van der Waals surface area (Å²) in [6, 6.07) is 13.9. The molecular formula is C22H24N2O3. The van der Waals surface area contributed by atoms with Crippen LogP contribution in [-0.4, -0.2) is 31.2 Å². The summed E-state index contributed by atoms with van der Waals surface area (Å²) in [5.74, 6) is 0.557. The first kappa shape index (κ1) is 17.6. The van der Waals surface area contributed by atoms with Gasteiger partial charge in [-0.05, 0) is 29.7 Å². The SMILES string of the molecule is CCc1ccc(OC)c(C2NC(C(=O)OC)Cc3c2[nH]c2ccccc32)c1. The molecule has 140 valence electrons.